The molecule has 6 nitrogen and oxygen atoms in total. The molecule has 1 aromatic heterocycles. The first-order valence-electron chi connectivity index (χ1n) is 9.90. The molecule has 0 bridgehead atoms. The lowest BCUT2D eigenvalue weighted by Gasteiger charge is -2.22. The maximum atomic E-state index is 13.8. The van der Waals surface area contributed by atoms with Crippen LogP contribution in [0.25, 0.3) is 0 Å². The van der Waals surface area contributed by atoms with E-state index in [4.69, 9.17) is 0 Å². The van der Waals surface area contributed by atoms with Crippen LogP contribution in [-0.4, -0.2) is 47.0 Å². The quantitative estimate of drug-likeness (QED) is 0.856. The van der Waals surface area contributed by atoms with Crippen LogP contribution >= 0.6 is 0 Å². The van der Waals surface area contributed by atoms with Crippen molar-refractivity contribution in [2.24, 2.45) is 11.8 Å². The summed E-state index contributed by atoms with van der Waals surface area (Å²) in [5.41, 5.74) is 0.671. The Morgan fingerprint density at radius 3 is 2.50 bits per heavy atom. The summed E-state index contributed by atoms with van der Waals surface area (Å²) in [5, 5.41) is 0. The Morgan fingerprint density at radius 2 is 1.86 bits per heavy atom. The van der Waals surface area contributed by atoms with E-state index in [2.05, 4.69) is 9.97 Å². The number of aryl methyl sites for hydroxylation is 2. The maximum absolute atomic E-state index is 13.8. The number of H-pyrrole nitrogens is 1. The number of hydrogen-bond acceptors (Lipinski definition) is 4. The second-order valence-corrected chi connectivity index (χ2v) is 7.71. The number of carbonyl (C=O) groups is 1. The number of nitrogens with zero attached hydrogens (tertiary/aromatic N) is 3. The molecule has 0 spiro atoms. The maximum Gasteiger partial charge on any atom is 0.288 e. The Bertz CT molecular complexity index is 900. The first kappa shape index (κ1) is 18.7. The molecular formula is C21H25FN4O2. The third kappa shape index (κ3) is 3.66. The number of nitrogens with one attached hydrogen (secondary N) is 1. The number of hydrogen-bond donors (Lipinski definition) is 1. The van der Waals surface area contributed by atoms with E-state index in [0.717, 1.165) is 32.6 Å². The van der Waals surface area contributed by atoms with Crippen LogP contribution in [0.15, 0.2) is 35.1 Å². The minimum absolute atomic E-state index is 0.200. The van der Waals surface area contributed by atoms with Crippen LogP contribution in [0.5, 0.6) is 0 Å². The largest absolute Gasteiger partial charge is 0.342 e. The van der Waals surface area contributed by atoms with Crippen molar-refractivity contribution in [3.05, 3.63) is 57.8 Å². The Balaban J connectivity index is 1.35. The highest BCUT2D eigenvalue weighted by Crippen LogP contribution is 2.33. The molecule has 7 heteroatoms. The number of carbonyl (C=O) groups excluding carboxylic acids is 1. The Labute approximate surface area is 163 Å². The van der Waals surface area contributed by atoms with Crippen LogP contribution < -0.4 is 10.5 Å². The first-order chi connectivity index (χ1) is 13.5. The van der Waals surface area contributed by atoms with Gasteiger partial charge in [-0.1, -0.05) is 37.3 Å². The molecule has 1 N–H and O–H groups in total. The molecule has 148 valence electrons. The minimum Gasteiger partial charge on any atom is -0.342 e. The molecule has 2 saturated heterocycles. The van der Waals surface area contributed by atoms with Crippen molar-refractivity contribution in [1.29, 1.82) is 0 Å². The van der Waals surface area contributed by atoms with Gasteiger partial charge in [-0.15, -0.1) is 0 Å². The lowest BCUT2D eigenvalue weighted by atomic mass is 10.0. The molecule has 2 fully saturated rings. The normalized spacial score (nSPS) is 21.2. The van der Waals surface area contributed by atoms with Crippen molar-refractivity contribution >= 4 is 11.9 Å². The lowest BCUT2D eigenvalue weighted by molar-refractivity contribution is -0.130. The third-order valence-electron chi connectivity index (χ3n) is 5.86. The SMILES string of the molecule is CCc1nc(N2CC3CN(C(=O)CCc4ccccc4)CC3C2)[nH]c(=O)c1F. The smallest absolute Gasteiger partial charge is 0.288 e. The molecule has 28 heavy (non-hydrogen) atoms. The molecular weight excluding hydrogens is 359 g/mol. The van der Waals surface area contributed by atoms with E-state index in [1.165, 1.54) is 5.56 Å². The zero-order valence-corrected chi connectivity index (χ0v) is 16.0. The second kappa shape index (κ2) is 7.73. The first-order valence-corrected chi connectivity index (χ1v) is 9.90. The number of halogens is 1. The molecule has 0 saturated carbocycles. The lowest BCUT2D eigenvalue weighted by Crippen LogP contribution is -2.34. The monoisotopic (exact) mass is 384 g/mol. The van der Waals surface area contributed by atoms with Crippen molar-refractivity contribution in [1.82, 2.24) is 14.9 Å². The van der Waals surface area contributed by atoms with E-state index in [1.54, 1.807) is 6.92 Å². The Kier molecular flexibility index (Phi) is 5.15. The predicted octanol–water partition coefficient (Wildman–Crippen LogP) is 2.00. The van der Waals surface area contributed by atoms with Crippen LogP contribution in [0, 0.1) is 17.7 Å². The molecule has 2 aromatic rings. The summed E-state index contributed by atoms with van der Waals surface area (Å²) in [5.74, 6) is 0.578. The van der Waals surface area contributed by atoms with Gasteiger partial charge in [0.1, 0.15) is 0 Å². The van der Waals surface area contributed by atoms with Gasteiger partial charge in [0.05, 0.1) is 5.69 Å². The fourth-order valence-electron chi connectivity index (χ4n) is 4.30. The zero-order valence-electron chi connectivity index (χ0n) is 16.0. The van der Waals surface area contributed by atoms with Crippen LogP contribution in [0.4, 0.5) is 10.3 Å². The van der Waals surface area contributed by atoms with Crippen LogP contribution in [0.3, 0.4) is 0 Å². The van der Waals surface area contributed by atoms with Crippen LogP contribution in [0.2, 0.25) is 0 Å². The molecule has 4 rings (SSSR count). The number of anilines is 1. The fourth-order valence-corrected chi connectivity index (χ4v) is 4.30. The number of likely N-dealkylation sites (tertiary alicyclic amines) is 1. The summed E-state index contributed by atoms with van der Waals surface area (Å²) < 4.78 is 13.8. The molecule has 0 aliphatic carbocycles. The standard InChI is InChI=1S/C21H25FN4O2/c1-2-17-19(22)20(28)24-21(23-17)26-12-15-10-25(11-16(15)13-26)18(27)9-8-14-6-4-3-5-7-14/h3-7,15-16H,2,8-13H2,1H3,(H,23,24,28). The van der Waals surface area contributed by atoms with Crippen molar-refractivity contribution < 1.29 is 9.18 Å². The number of amides is 1. The van der Waals surface area contributed by atoms with Crippen molar-refractivity contribution in [2.75, 3.05) is 31.1 Å². The topological polar surface area (TPSA) is 69.3 Å². The summed E-state index contributed by atoms with van der Waals surface area (Å²) in [6.45, 7) is 4.71. The van der Waals surface area contributed by atoms with Gasteiger partial charge >= 0.3 is 0 Å². The van der Waals surface area contributed by atoms with E-state index < -0.39 is 11.4 Å². The van der Waals surface area contributed by atoms with Gasteiger partial charge in [-0.3, -0.25) is 14.6 Å². The number of benzene rings is 1. The highest BCUT2D eigenvalue weighted by atomic mass is 19.1. The molecule has 1 aromatic carbocycles. The van der Waals surface area contributed by atoms with E-state index in [9.17, 15) is 14.0 Å². The van der Waals surface area contributed by atoms with Crippen molar-refractivity contribution in [3.8, 4) is 0 Å². The summed E-state index contributed by atoms with van der Waals surface area (Å²) in [4.78, 5) is 35.2. The number of rotatable bonds is 5. The zero-order chi connectivity index (χ0) is 19.7. The van der Waals surface area contributed by atoms with Gasteiger partial charge in [0.15, 0.2) is 0 Å². The summed E-state index contributed by atoms with van der Waals surface area (Å²) in [6.07, 6.45) is 1.67. The molecule has 2 unspecified atom stereocenters. The average molecular weight is 384 g/mol. The summed E-state index contributed by atoms with van der Waals surface area (Å²) >= 11 is 0. The average Bonchev–Trinajstić information content (AvgIpc) is 3.28. The van der Waals surface area contributed by atoms with E-state index in [1.807, 2.05) is 40.1 Å². The third-order valence-corrected chi connectivity index (χ3v) is 5.86. The van der Waals surface area contributed by atoms with Gasteiger partial charge in [-0.25, -0.2) is 4.98 Å². The number of aromatic nitrogens is 2. The van der Waals surface area contributed by atoms with Gasteiger partial charge in [0.2, 0.25) is 17.7 Å². The van der Waals surface area contributed by atoms with Gasteiger partial charge < -0.3 is 9.80 Å². The van der Waals surface area contributed by atoms with Gasteiger partial charge in [-0.05, 0) is 18.4 Å². The van der Waals surface area contributed by atoms with Gasteiger partial charge in [0, 0.05) is 44.4 Å². The molecule has 0 radical (unpaired) electrons. The molecule has 3 heterocycles. The molecule has 2 aliphatic heterocycles. The number of fused-ring (bicyclic) bond motifs is 1. The van der Waals surface area contributed by atoms with E-state index >= 15 is 0 Å². The van der Waals surface area contributed by atoms with Crippen molar-refractivity contribution in [2.45, 2.75) is 26.2 Å². The minimum atomic E-state index is -0.791. The van der Waals surface area contributed by atoms with Crippen LogP contribution in [0.1, 0.15) is 24.6 Å². The van der Waals surface area contributed by atoms with Gasteiger partial charge in [-0.2, -0.15) is 4.39 Å². The van der Waals surface area contributed by atoms with Crippen molar-refractivity contribution in [3.63, 3.8) is 0 Å². The molecule has 2 aliphatic rings. The Morgan fingerprint density at radius 1 is 1.18 bits per heavy atom. The van der Waals surface area contributed by atoms with E-state index in [0.29, 0.717) is 30.6 Å². The molecule has 2 atom stereocenters. The second-order valence-electron chi connectivity index (χ2n) is 7.71. The van der Waals surface area contributed by atoms with E-state index in [-0.39, 0.29) is 11.6 Å². The summed E-state index contributed by atoms with van der Waals surface area (Å²) in [6, 6.07) is 10.1. The number of aromatic amines is 1. The summed E-state index contributed by atoms with van der Waals surface area (Å²) in [7, 11) is 0. The fraction of sp³-hybridized carbons (Fsp3) is 0.476. The predicted molar refractivity (Wildman–Crippen MR) is 105 cm³/mol. The Hall–Kier alpha value is -2.70. The van der Waals surface area contributed by atoms with Crippen LogP contribution in [-0.2, 0) is 17.6 Å². The van der Waals surface area contributed by atoms with Gasteiger partial charge in [0.25, 0.3) is 5.56 Å². The molecule has 1 amide bonds. The highest BCUT2D eigenvalue weighted by Gasteiger charge is 2.42. The highest BCUT2D eigenvalue weighted by molar-refractivity contribution is 5.77.